The number of aromatic nitrogens is 2. The lowest BCUT2D eigenvalue weighted by Crippen LogP contribution is -2.27. The molecule has 1 N–H and O–H groups in total. The van der Waals surface area contributed by atoms with Crippen LogP contribution in [0.15, 0.2) is 58.2 Å². The summed E-state index contributed by atoms with van der Waals surface area (Å²) in [6.45, 7) is 2.21. The molecule has 3 rings (SSSR count). The number of aryl methyl sites for hydroxylation is 1. The van der Waals surface area contributed by atoms with Crippen molar-refractivity contribution >= 4 is 32.2 Å². The monoisotopic (exact) mass is 421 g/mol. The number of fused-ring (bicyclic) bond motifs is 1. The number of halogens is 2. The van der Waals surface area contributed by atoms with E-state index < -0.39 is 26.4 Å². The summed E-state index contributed by atoms with van der Waals surface area (Å²) in [6, 6.07) is 11.0. The smallest absolute Gasteiger partial charge is 0.321 e. The number of nitrogens with zero attached hydrogens (tertiary/aromatic N) is 2. The number of nitrogens with one attached hydrogen (secondary N) is 1. The number of benzene rings is 2. The van der Waals surface area contributed by atoms with Gasteiger partial charge in [-0.3, -0.25) is 9.59 Å². The van der Waals surface area contributed by atoms with Crippen LogP contribution in [0.25, 0.3) is 10.8 Å². The Balaban J connectivity index is 1.96. The summed E-state index contributed by atoms with van der Waals surface area (Å²) in [6.07, 6.45) is 0.645. The quantitative estimate of drug-likeness (QED) is 0.660. The van der Waals surface area contributed by atoms with E-state index in [1.165, 1.54) is 16.8 Å². The van der Waals surface area contributed by atoms with Gasteiger partial charge in [0.2, 0.25) is 9.84 Å². The fourth-order valence-electron chi connectivity index (χ4n) is 2.79. The fourth-order valence-corrected chi connectivity index (χ4v) is 3.51. The highest BCUT2D eigenvalue weighted by atomic mass is 32.2. The van der Waals surface area contributed by atoms with Crippen molar-refractivity contribution in [2.24, 2.45) is 0 Å². The van der Waals surface area contributed by atoms with Gasteiger partial charge in [-0.1, -0.05) is 25.1 Å². The third-order valence-corrected chi connectivity index (χ3v) is 5.59. The number of hydrogen-bond donors (Lipinski definition) is 1. The maximum absolute atomic E-state index is 12.8. The van der Waals surface area contributed by atoms with Crippen molar-refractivity contribution in [3.63, 3.8) is 0 Å². The van der Waals surface area contributed by atoms with Gasteiger partial charge < -0.3 is 5.32 Å². The Morgan fingerprint density at radius 2 is 1.72 bits per heavy atom. The number of carbonyl (C=O) groups excluding carboxylic acids is 1. The maximum atomic E-state index is 12.8. The van der Waals surface area contributed by atoms with Crippen LogP contribution in [0.3, 0.4) is 0 Å². The Labute approximate surface area is 164 Å². The Hall–Kier alpha value is -3.14. The summed E-state index contributed by atoms with van der Waals surface area (Å²) in [7, 11) is -4.72. The highest BCUT2D eigenvalue weighted by Crippen LogP contribution is 2.21. The number of amides is 1. The van der Waals surface area contributed by atoms with Crippen molar-refractivity contribution in [3.05, 3.63) is 64.6 Å². The van der Waals surface area contributed by atoms with Crippen LogP contribution in [-0.4, -0.2) is 29.9 Å². The molecule has 0 saturated carbocycles. The van der Waals surface area contributed by atoms with Crippen LogP contribution in [0.5, 0.6) is 0 Å². The number of rotatable bonds is 6. The van der Waals surface area contributed by atoms with E-state index >= 15 is 0 Å². The SMILES string of the molecule is CCCn1nc(C(=O)Nc2ccc(S(=O)(=O)C(F)F)cc2)c2ccccc2c1=O. The van der Waals surface area contributed by atoms with Crippen LogP contribution >= 0.6 is 0 Å². The van der Waals surface area contributed by atoms with Crippen LogP contribution in [0.1, 0.15) is 23.8 Å². The Kier molecular flexibility index (Phi) is 5.73. The molecule has 3 aromatic rings. The van der Waals surface area contributed by atoms with Gasteiger partial charge in [-0.2, -0.15) is 13.9 Å². The van der Waals surface area contributed by atoms with Crippen LogP contribution in [0, 0.1) is 0 Å². The molecule has 0 aliphatic carbocycles. The second kappa shape index (κ2) is 8.08. The van der Waals surface area contributed by atoms with Crippen LogP contribution in [-0.2, 0) is 16.4 Å². The summed E-state index contributed by atoms with van der Waals surface area (Å²) < 4.78 is 49.4. The van der Waals surface area contributed by atoms with E-state index in [0.717, 1.165) is 12.1 Å². The number of anilines is 1. The molecular formula is C19H17F2N3O4S. The molecule has 10 heteroatoms. The topological polar surface area (TPSA) is 98.1 Å². The highest BCUT2D eigenvalue weighted by Gasteiger charge is 2.26. The summed E-state index contributed by atoms with van der Waals surface area (Å²) in [5.41, 5.74) is -0.0826. The first-order chi connectivity index (χ1) is 13.8. The summed E-state index contributed by atoms with van der Waals surface area (Å²) >= 11 is 0. The predicted octanol–water partition coefficient (Wildman–Crippen LogP) is 3.06. The summed E-state index contributed by atoms with van der Waals surface area (Å²) in [4.78, 5) is 24.7. The summed E-state index contributed by atoms with van der Waals surface area (Å²) in [5, 5.41) is 7.43. The molecule has 1 amide bonds. The van der Waals surface area contributed by atoms with Crippen LogP contribution in [0.4, 0.5) is 14.5 Å². The summed E-state index contributed by atoms with van der Waals surface area (Å²) in [5.74, 6) is -4.14. The molecule has 2 aromatic carbocycles. The van der Waals surface area contributed by atoms with E-state index in [4.69, 9.17) is 0 Å². The third kappa shape index (κ3) is 4.02. The first-order valence-electron chi connectivity index (χ1n) is 8.69. The molecule has 0 fully saturated rings. The lowest BCUT2D eigenvalue weighted by atomic mass is 10.1. The van der Waals surface area contributed by atoms with E-state index in [1.54, 1.807) is 24.3 Å². The van der Waals surface area contributed by atoms with Gasteiger partial charge in [-0.05, 0) is 36.8 Å². The fraction of sp³-hybridized carbons (Fsp3) is 0.211. The van der Waals surface area contributed by atoms with E-state index in [0.29, 0.717) is 23.7 Å². The second-order valence-electron chi connectivity index (χ2n) is 6.21. The zero-order valence-electron chi connectivity index (χ0n) is 15.3. The van der Waals surface area contributed by atoms with Gasteiger partial charge in [-0.15, -0.1) is 0 Å². The van der Waals surface area contributed by atoms with Crippen molar-refractivity contribution in [1.29, 1.82) is 0 Å². The Bertz CT molecular complexity index is 1220. The van der Waals surface area contributed by atoms with Gasteiger partial charge in [-0.25, -0.2) is 13.1 Å². The molecule has 0 atom stereocenters. The maximum Gasteiger partial charge on any atom is 0.341 e. The van der Waals surface area contributed by atoms with E-state index in [2.05, 4.69) is 10.4 Å². The third-order valence-electron chi connectivity index (χ3n) is 4.19. The van der Waals surface area contributed by atoms with Gasteiger partial charge in [0.15, 0.2) is 5.69 Å². The van der Waals surface area contributed by atoms with Crippen molar-refractivity contribution in [1.82, 2.24) is 9.78 Å². The average molecular weight is 421 g/mol. The molecule has 0 unspecified atom stereocenters. The minimum Gasteiger partial charge on any atom is -0.321 e. The van der Waals surface area contributed by atoms with Crippen molar-refractivity contribution in [2.75, 3.05) is 5.32 Å². The zero-order valence-corrected chi connectivity index (χ0v) is 16.1. The van der Waals surface area contributed by atoms with Gasteiger partial charge in [0.05, 0.1) is 10.3 Å². The predicted molar refractivity (Wildman–Crippen MR) is 104 cm³/mol. The molecule has 7 nitrogen and oxygen atoms in total. The number of sulfone groups is 1. The molecule has 0 aliphatic heterocycles. The zero-order chi connectivity index (χ0) is 21.2. The molecule has 0 radical (unpaired) electrons. The number of alkyl halides is 2. The Morgan fingerprint density at radius 3 is 2.31 bits per heavy atom. The van der Waals surface area contributed by atoms with E-state index in [9.17, 15) is 26.8 Å². The minimum absolute atomic E-state index is 0.0259. The second-order valence-corrected chi connectivity index (χ2v) is 8.12. The van der Waals surface area contributed by atoms with Crippen molar-refractivity contribution in [3.8, 4) is 0 Å². The van der Waals surface area contributed by atoms with Gasteiger partial charge in [0, 0.05) is 17.6 Å². The molecule has 29 heavy (non-hydrogen) atoms. The minimum atomic E-state index is -4.72. The van der Waals surface area contributed by atoms with Crippen molar-refractivity contribution in [2.45, 2.75) is 30.5 Å². The lowest BCUT2D eigenvalue weighted by molar-refractivity contribution is 0.102. The molecule has 0 spiro atoms. The normalized spacial score (nSPS) is 11.7. The van der Waals surface area contributed by atoms with Crippen LogP contribution in [0.2, 0.25) is 0 Å². The first kappa shape index (κ1) is 20.6. The lowest BCUT2D eigenvalue weighted by Gasteiger charge is -2.11. The van der Waals surface area contributed by atoms with Crippen LogP contribution < -0.4 is 10.9 Å². The van der Waals surface area contributed by atoms with Gasteiger partial charge in [0.25, 0.3) is 11.5 Å². The van der Waals surface area contributed by atoms with E-state index in [-0.39, 0.29) is 16.9 Å². The number of hydrogen-bond acceptors (Lipinski definition) is 5. The Morgan fingerprint density at radius 1 is 1.10 bits per heavy atom. The molecule has 0 saturated heterocycles. The molecular weight excluding hydrogens is 404 g/mol. The van der Waals surface area contributed by atoms with Gasteiger partial charge in [0.1, 0.15) is 0 Å². The molecule has 1 aromatic heterocycles. The molecule has 0 bridgehead atoms. The highest BCUT2D eigenvalue weighted by molar-refractivity contribution is 7.91. The largest absolute Gasteiger partial charge is 0.341 e. The number of carbonyl (C=O) groups is 1. The standard InChI is InChI=1S/C19H17F2N3O4S/c1-2-11-24-18(26)15-6-4-3-5-14(15)16(23-24)17(25)22-12-7-9-13(10-8-12)29(27,28)19(20)21/h3-10,19H,2,11H2,1H3,(H,22,25). The average Bonchev–Trinajstić information content (AvgIpc) is 2.70. The van der Waals surface area contributed by atoms with Crippen molar-refractivity contribution < 1.29 is 22.0 Å². The molecule has 152 valence electrons. The van der Waals surface area contributed by atoms with E-state index in [1.807, 2.05) is 6.92 Å². The van der Waals surface area contributed by atoms with Gasteiger partial charge >= 0.3 is 5.76 Å². The first-order valence-corrected chi connectivity index (χ1v) is 10.2. The molecule has 1 heterocycles. The molecule has 0 aliphatic rings.